The molecule has 1 aromatic heterocycles. The van der Waals surface area contributed by atoms with Crippen LogP contribution in [-0.4, -0.2) is 42.6 Å². The van der Waals surface area contributed by atoms with Crippen LogP contribution in [0.2, 0.25) is 0 Å². The number of nitrogens with one attached hydrogen (secondary N) is 1. The second kappa shape index (κ2) is 17.0. The van der Waals surface area contributed by atoms with Crippen molar-refractivity contribution in [3.05, 3.63) is 124 Å². The summed E-state index contributed by atoms with van der Waals surface area (Å²) >= 11 is 0. The number of hydrogen-bond acceptors (Lipinski definition) is 6. The third kappa shape index (κ3) is 9.11. The van der Waals surface area contributed by atoms with Gasteiger partial charge in [0, 0.05) is 16.6 Å². The van der Waals surface area contributed by atoms with E-state index < -0.39 is 5.97 Å². The molecular weight excluding hydrogens is 626 g/mol. The number of amides is 1. The molecule has 3 N–H and O–H groups in total. The van der Waals surface area contributed by atoms with Crippen LogP contribution in [0.4, 0.5) is 0 Å². The molecule has 0 radical (unpaired) electrons. The first-order valence-electron chi connectivity index (χ1n) is 17.3. The molecule has 0 aliphatic heterocycles. The zero-order valence-electron chi connectivity index (χ0n) is 30.5. The van der Waals surface area contributed by atoms with Crippen molar-refractivity contribution in [3.8, 4) is 5.75 Å². The molecule has 8 nitrogen and oxygen atoms in total. The summed E-state index contributed by atoms with van der Waals surface area (Å²) in [5, 5.41) is 3.57. The summed E-state index contributed by atoms with van der Waals surface area (Å²) in [6.45, 7) is 12.6. The summed E-state index contributed by atoms with van der Waals surface area (Å²) < 4.78 is 12.4. The molecule has 0 saturated carbocycles. The van der Waals surface area contributed by atoms with E-state index in [-0.39, 0.29) is 42.5 Å². The Balaban J connectivity index is 1.34. The molecule has 264 valence electrons. The lowest BCUT2D eigenvalue weighted by molar-refractivity contribution is -0.139. The number of carbonyl (C=O) groups is 3. The van der Waals surface area contributed by atoms with Crippen molar-refractivity contribution >= 4 is 28.7 Å². The van der Waals surface area contributed by atoms with Gasteiger partial charge in [-0.1, -0.05) is 80.5 Å². The van der Waals surface area contributed by atoms with E-state index in [1.54, 1.807) is 48.4 Å². The van der Waals surface area contributed by atoms with Gasteiger partial charge in [0.05, 0.1) is 25.6 Å². The minimum Gasteiger partial charge on any atom is -0.497 e. The first-order chi connectivity index (χ1) is 23.9. The first-order valence-corrected chi connectivity index (χ1v) is 17.3. The van der Waals surface area contributed by atoms with E-state index in [1.807, 2.05) is 56.3 Å². The van der Waals surface area contributed by atoms with E-state index in [1.165, 1.54) is 24.8 Å². The quantitative estimate of drug-likeness (QED) is 0.0819. The van der Waals surface area contributed by atoms with E-state index >= 15 is 0 Å². The topological polar surface area (TPSA) is 113 Å². The van der Waals surface area contributed by atoms with Crippen LogP contribution < -0.4 is 15.8 Å². The number of nitrogens with zero attached hydrogens (tertiary/aromatic N) is 1. The Morgan fingerprint density at radius 2 is 1.80 bits per heavy atom. The van der Waals surface area contributed by atoms with Crippen molar-refractivity contribution in [3.63, 3.8) is 0 Å². The number of carbonyl (C=O) groups excluding carboxylic acids is 3. The number of esters is 1. The molecule has 4 rings (SSSR count). The molecule has 50 heavy (non-hydrogen) atoms. The molecule has 0 saturated heterocycles. The Kier molecular flexibility index (Phi) is 12.8. The van der Waals surface area contributed by atoms with Crippen molar-refractivity contribution < 1.29 is 23.9 Å². The maximum absolute atomic E-state index is 13.5. The number of hydrogen-bond donors (Lipinski definition) is 2. The zero-order chi connectivity index (χ0) is 36.4. The second-order valence-corrected chi connectivity index (χ2v) is 13.4. The molecule has 1 aliphatic rings. The number of allylic oxidation sites excluding steroid dienone is 9. The van der Waals surface area contributed by atoms with Gasteiger partial charge in [-0.3, -0.25) is 14.2 Å². The summed E-state index contributed by atoms with van der Waals surface area (Å²) in [6, 6.07) is 14.5. The number of fused-ring (bicyclic) bond motifs is 1. The number of rotatable bonds is 13. The third-order valence-corrected chi connectivity index (χ3v) is 9.44. The van der Waals surface area contributed by atoms with Crippen molar-refractivity contribution in [2.45, 2.75) is 73.6 Å². The molecule has 0 unspecified atom stereocenters. The Morgan fingerprint density at radius 1 is 1.06 bits per heavy atom. The lowest BCUT2D eigenvalue weighted by Gasteiger charge is -2.33. The van der Waals surface area contributed by atoms with Crippen LogP contribution in [0.15, 0.2) is 107 Å². The Hall–Kier alpha value is -5.11. The van der Waals surface area contributed by atoms with Crippen LogP contribution in [-0.2, 0) is 20.7 Å². The molecule has 0 bridgehead atoms. The number of methoxy groups -OCH3 is 1. The van der Waals surface area contributed by atoms with Crippen LogP contribution in [0.3, 0.4) is 0 Å². The highest BCUT2D eigenvalue weighted by Crippen LogP contribution is 2.42. The standard InChI is InChI=1S/C42H51N3O5/c1-8-31-18-13-23-42(5,6)36(31)21-19-28(2)14-12-15-29(3)39(43)41(48)50-25-24-44-38(46)27-34-30(4)45(40(47)32-16-10-9-11-17-32)37-22-20-33(49-7)26-35(34)37/h9-12,14-17,19-22,26H,8,13,18,23-25,27,43H2,1-7H3,(H,44,46)/b15-12+,21-19+,28-14+,39-29+. The molecule has 1 amide bonds. The fourth-order valence-electron chi connectivity index (χ4n) is 6.49. The van der Waals surface area contributed by atoms with Gasteiger partial charge in [0.15, 0.2) is 0 Å². The normalized spacial score (nSPS) is 15.5. The number of benzene rings is 2. The maximum atomic E-state index is 13.5. The van der Waals surface area contributed by atoms with Crippen LogP contribution in [0.25, 0.3) is 10.9 Å². The molecule has 0 atom stereocenters. The van der Waals surface area contributed by atoms with E-state index in [4.69, 9.17) is 15.2 Å². The van der Waals surface area contributed by atoms with Crippen LogP contribution >= 0.6 is 0 Å². The SMILES string of the molecule is CCC1=C(/C=C/C(C)=C/C=C/C(C)=C(/N)C(=O)OCCNC(=O)Cc2c(C)n(C(=O)c3ccccc3)c3ccc(OC)cc23)C(C)(C)CCC1. The van der Waals surface area contributed by atoms with Gasteiger partial charge in [-0.25, -0.2) is 4.79 Å². The van der Waals surface area contributed by atoms with Gasteiger partial charge in [-0.2, -0.15) is 0 Å². The summed E-state index contributed by atoms with van der Waals surface area (Å²) in [7, 11) is 1.57. The fraction of sp³-hybridized carbons (Fsp3) is 0.357. The Morgan fingerprint density at radius 3 is 2.50 bits per heavy atom. The van der Waals surface area contributed by atoms with Gasteiger partial charge in [0.2, 0.25) is 5.91 Å². The molecule has 1 heterocycles. The molecule has 8 heteroatoms. The average molecular weight is 678 g/mol. The van der Waals surface area contributed by atoms with E-state index in [2.05, 4.69) is 38.2 Å². The monoisotopic (exact) mass is 677 g/mol. The van der Waals surface area contributed by atoms with Gasteiger partial charge >= 0.3 is 5.97 Å². The first kappa shape index (κ1) is 37.7. The van der Waals surface area contributed by atoms with Gasteiger partial charge in [-0.05, 0) is 98.9 Å². The predicted octanol–water partition coefficient (Wildman–Crippen LogP) is 8.06. The Labute approximate surface area is 296 Å². The minimum atomic E-state index is -0.647. The Bertz CT molecular complexity index is 1890. The van der Waals surface area contributed by atoms with Crippen molar-refractivity contribution in [2.24, 2.45) is 11.1 Å². The molecule has 0 fully saturated rings. The molecule has 3 aromatic rings. The molecular formula is C42H51N3O5. The summed E-state index contributed by atoms with van der Waals surface area (Å²) in [5.41, 5.74) is 13.6. The maximum Gasteiger partial charge on any atom is 0.354 e. The summed E-state index contributed by atoms with van der Waals surface area (Å²) in [6.07, 6.45) is 14.8. The third-order valence-electron chi connectivity index (χ3n) is 9.44. The number of aromatic nitrogens is 1. The van der Waals surface area contributed by atoms with Crippen LogP contribution in [0, 0.1) is 12.3 Å². The average Bonchev–Trinajstić information content (AvgIpc) is 3.37. The largest absolute Gasteiger partial charge is 0.497 e. The van der Waals surface area contributed by atoms with Crippen molar-refractivity contribution in [1.82, 2.24) is 9.88 Å². The molecule has 1 aliphatic carbocycles. The number of ether oxygens (including phenoxy) is 2. The van der Waals surface area contributed by atoms with E-state index in [0.717, 1.165) is 17.4 Å². The van der Waals surface area contributed by atoms with Gasteiger partial charge in [0.1, 0.15) is 18.1 Å². The van der Waals surface area contributed by atoms with Crippen molar-refractivity contribution in [2.75, 3.05) is 20.3 Å². The lowest BCUT2D eigenvalue weighted by atomic mass is 9.71. The smallest absolute Gasteiger partial charge is 0.354 e. The lowest BCUT2D eigenvalue weighted by Crippen LogP contribution is -2.30. The summed E-state index contributed by atoms with van der Waals surface area (Å²) in [5.74, 6) is -0.480. The summed E-state index contributed by atoms with van der Waals surface area (Å²) in [4.78, 5) is 39.1. The van der Waals surface area contributed by atoms with Crippen LogP contribution in [0.5, 0.6) is 5.75 Å². The highest BCUT2D eigenvalue weighted by molar-refractivity contribution is 6.05. The second-order valence-electron chi connectivity index (χ2n) is 13.4. The highest BCUT2D eigenvalue weighted by atomic mass is 16.5. The molecule has 0 spiro atoms. The molecule has 2 aromatic carbocycles. The zero-order valence-corrected chi connectivity index (χ0v) is 30.5. The van der Waals surface area contributed by atoms with Crippen molar-refractivity contribution in [1.29, 1.82) is 0 Å². The van der Waals surface area contributed by atoms with E-state index in [9.17, 15) is 14.4 Å². The highest BCUT2D eigenvalue weighted by Gasteiger charge is 2.27. The number of nitrogens with two attached hydrogens (primary N) is 1. The minimum absolute atomic E-state index is 0.0105. The van der Waals surface area contributed by atoms with Gasteiger partial charge < -0.3 is 20.5 Å². The van der Waals surface area contributed by atoms with Gasteiger partial charge in [0.25, 0.3) is 5.91 Å². The van der Waals surface area contributed by atoms with E-state index in [0.29, 0.717) is 33.7 Å². The van der Waals surface area contributed by atoms with Crippen LogP contribution in [0.1, 0.15) is 81.9 Å². The fourth-order valence-corrected chi connectivity index (χ4v) is 6.49. The predicted molar refractivity (Wildman–Crippen MR) is 201 cm³/mol. The van der Waals surface area contributed by atoms with Gasteiger partial charge in [-0.15, -0.1) is 0 Å².